The van der Waals surface area contributed by atoms with Crippen molar-refractivity contribution in [2.45, 2.75) is 6.92 Å². The molecule has 0 amide bonds. The smallest absolute Gasteiger partial charge is 0.341 e. The van der Waals surface area contributed by atoms with Gasteiger partial charge in [-0.2, -0.15) is 0 Å². The van der Waals surface area contributed by atoms with Crippen molar-refractivity contribution in [1.82, 2.24) is 4.98 Å². The predicted molar refractivity (Wildman–Crippen MR) is 67.1 cm³/mol. The fourth-order valence-corrected chi connectivity index (χ4v) is 1.74. The van der Waals surface area contributed by atoms with Crippen LogP contribution in [-0.2, 0) is 4.74 Å². The van der Waals surface area contributed by atoms with Crippen molar-refractivity contribution in [1.29, 1.82) is 0 Å². The van der Waals surface area contributed by atoms with Gasteiger partial charge in [0.2, 0.25) is 0 Å². The Morgan fingerprint density at radius 2 is 2.17 bits per heavy atom. The number of pyridine rings is 1. The molecule has 1 N–H and O–H groups in total. The van der Waals surface area contributed by atoms with Gasteiger partial charge in [0.05, 0.1) is 19.2 Å². The van der Waals surface area contributed by atoms with E-state index < -0.39 is 5.97 Å². The van der Waals surface area contributed by atoms with E-state index in [4.69, 9.17) is 9.47 Å². The molecule has 18 heavy (non-hydrogen) atoms. The number of esters is 1. The second kappa shape index (κ2) is 4.91. The third kappa shape index (κ3) is 2.07. The van der Waals surface area contributed by atoms with Gasteiger partial charge in [0.1, 0.15) is 11.3 Å². The van der Waals surface area contributed by atoms with Gasteiger partial charge in [-0.1, -0.05) is 0 Å². The summed E-state index contributed by atoms with van der Waals surface area (Å²) in [6.45, 7) is 1.99. The van der Waals surface area contributed by atoms with E-state index in [1.807, 2.05) is 0 Å². The van der Waals surface area contributed by atoms with Crippen molar-refractivity contribution in [2.75, 3.05) is 13.7 Å². The molecule has 0 fully saturated rings. The number of carbonyl (C=O) groups excluding carboxylic acids is 1. The zero-order valence-electron chi connectivity index (χ0n) is 10.1. The van der Waals surface area contributed by atoms with Crippen LogP contribution in [0.25, 0.3) is 10.9 Å². The summed E-state index contributed by atoms with van der Waals surface area (Å²) in [7, 11) is 1.46. The quantitative estimate of drug-likeness (QED) is 0.838. The molecule has 0 aliphatic heterocycles. The third-order valence-electron chi connectivity index (χ3n) is 2.57. The monoisotopic (exact) mass is 247 g/mol. The van der Waals surface area contributed by atoms with Gasteiger partial charge in [-0.3, -0.25) is 4.79 Å². The maximum Gasteiger partial charge on any atom is 0.341 e. The van der Waals surface area contributed by atoms with Crippen LogP contribution >= 0.6 is 0 Å². The molecule has 5 nitrogen and oxygen atoms in total. The summed E-state index contributed by atoms with van der Waals surface area (Å²) in [5.74, 6) is -0.123. The van der Waals surface area contributed by atoms with Crippen molar-refractivity contribution in [3.8, 4) is 5.75 Å². The topological polar surface area (TPSA) is 68.4 Å². The largest absolute Gasteiger partial charge is 0.496 e. The number of fused-ring (bicyclic) bond motifs is 1. The minimum atomic E-state index is -0.500. The molecule has 1 heterocycles. The van der Waals surface area contributed by atoms with Crippen molar-refractivity contribution in [2.24, 2.45) is 0 Å². The van der Waals surface area contributed by atoms with Crippen LogP contribution in [0.15, 0.2) is 29.2 Å². The van der Waals surface area contributed by atoms with Crippen LogP contribution in [0.4, 0.5) is 0 Å². The van der Waals surface area contributed by atoms with Crippen LogP contribution in [0.2, 0.25) is 0 Å². The van der Waals surface area contributed by atoms with Gasteiger partial charge in [-0.15, -0.1) is 0 Å². The van der Waals surface area contributed by atoms with E-state index in [0.717, 1.165) is 0 Å². The highest BCUT2D eigenvalue weighted by atomic mass is 16.5. The van der Waals surface area contributed by atoms with Crippen LogP contribution in [0.5, 0.6) is 5.75 Å². The Bertz CT molecular complexity index is 645. The molecular formula is C13H13NO4. The van der Waals surface area contributed by atoms with E-state index in [1.54, 1.807) is 19.2 Å². The number of rotatable bonds is 3. The molecule has 0 unspecified atom stereocenters. The first-order chi connectivity index (χ1) is 8.67. The lowest BCUT2D eigenvalue weighted by molar-refractivity contribution is 0.0523. The molecule has 0 atom stereocenters. The second-order valence-corrected chi connectivity index (χ2v) is 3.66. The van der Waals surface area contributed by atoms with Crippen molar-refractivity contribution >= 4 is 16.9 Å². The summed E-state index contributed by atoms with van der Waals surface area (Å²) < 4.78 is 10.1. The van der Waals surface area contributed by atoms with Gasteiger partial charge in [-0.25, -0.2) is 4.79 Å². The number of ether oxygens (including phenoxy) is 2. The van der Waals surface area contributed by atoms with Crippen LogP contribution in [-0.4, -0.2) is 24.7 Å². The summed E-state index contributed by atoms with van der Waals surface area (Å²) in [5.41, 5.74) is 0.716. The number of benzene rings is 1. The third-order valence-corrected chi connectivity index (χ3v) is 2.57. The number of aromatic nitrogens is 1. The van der Waals surface area contributed by atoms with Crippen LogP contribution in [0, 0.1) is 0 Å². The summed E-state index contributed by atoms with van der Waals surface area (Å²) in [5, 5.41) is 0.432. The minimum Gasteiger partial charge on any atom is -0.496 e. The minimum absolute atomic E-state index is 0.156. The van der Waals surface area contributed by atoms with Gasteiger partial charge in [0.15, 0.2) is 5.43 Å². The van der Waals surface area contributed by atoms with Crippen molar-refractivity contribution in [3.63, 3.8) is 0 Å². The first kappa shape index (κ1) is 12.2. The van der Waals surface area contributed by atoms with E-state index in [9.17, 15) is 9.59 Å². The SMILES string of the molecule is CCOC(=O)c1cc2c(=O)cc[nH]c2cc1OC. The summed E-state index contributed by atoms with van der Waals surface area (Å²) >= 11 is 0. The Balaban J connectivity index is 2.68. The molecule has 0 radical (unpaired) electrons. The zero-order valence-corrected chi connectivity index (χ0v) is 10.1. The molecule has 0 aliphatic rings. The fourth-order valence-electron chi connectivity index (χ4n) is 1.74. The molecule has 0 saturated carbocycles. The second-order valence-electron chi connectivity index (χ2n) is 3.66. The molecule has 1 aromatic carbocycles. The molecular weight excluding hydrogens is 234 g/mol. The lowest BCUT2D eigenvalue weighted by Gasteiger charge is -2.09. The highest BCUT2D eigenvalue weighted by Crippen LogP contribution is 2.23. The summed E-state index contributed by atoms with van der Waals surface area (Å²) in [6, 6.07) is 4.51. The molecule has 0 spiro atoms. The maximum absolute atomic E-state index is 11.8. The van der Waals surface area contributed by atoms with E-state index >= 15 is 0 Å². The Labute approximate surface area is 103 Å². The fraction of sp³-hybridized carbons (Fsp3) is 0.231. The molecule has 0 saturated heterocycles. The average Bonchev–Trinajstić information content (AvgIpc) is 2.38. The van der Waals surface area contributed by atoms with Crippen molar-refractivity contribution in [3.05, 3.63) is 40.2 Å². The van der Waals surface area contributed by atoms with Crippen LogP contribution in [0.1, 0.15) is 17.3 Å². The summed E-state index contributed by atoms with van der Waals surface area (Å²) in [6.07, 6.45) is 1.55. The van der Waals surface area contributed by atoms with Crippen LogP contribution in [0.3, 0.4) is 0 Å². The molecule has 2 aromatic rings. The van der Waals surface area contributed by atoms with Gasteiger partial charge >= 0.3 is 5.97 Å². The first-order valence-electron chi connectivity index (χ1n) is 5.54. The highest BCUT2D eigenvalue weighted by Gasteiger charge is 2.15. The van der Waals surface area contributed by atoms with E-state index in [-0.39, 0.29) is 17.6 Å². The Hall–Kier alpha value is -2.30. The molecule has 0 aliphatic carbocycles. The molecule has 5 heteroatoms. The van der Waals surface area contributed by atoms with Gasteiger partial charge in [0, 0.05) is 23.7 Å². The van der Waals surface area contributed by atoms with Crippen LogP contribution < -0.4 is 10.2 Å². The Morgan fingerprint density at radius 3 is 2.83 bits per heavy atom. The number of hydrogen-bond donors (Lipinski definition) is 1. The Kier molecular flexibility index (Phi) is 3.32. The van der Waals surface area contributed by atoms with E-state index in [1.165, 1.54) is 19.2 Å². The van der Waals surface area contributed by atoms with Gasteiger partial charge < -0.3 is 14.5 Å². The lowest BCUT2D eigenvalue weighted by Crippen LogP contribution is -2.09. The number of H-pyrrole nitrogens is 1. The van der Waals surface area contributed by atoms with E-state index in [2.05, 4.69) is 4.98 Å². The predicted octanol–water partition coefficient (Wildman–Crippen LogP) is 1.71. The maximum atomic E-state index is 11.8. The first-order valence-corrected chi connectivity index (χ1v) is 5.54. The average molecular weight is 247 g/mol. The standard InChI is InChI=1S/C13H13NO4/c1-3-18-13(16)9-6-8-10(7-12(9)17-2)14-5-4-11(8)15/h4-7H,3H2,1-2H3,(H,14,15). The van der Waals surface area contributed by atoms with E-state index in [0.29, 0.717) is 16.7 Å². The molecule has 2 rings (SSSR count). The van der Waals surface area contributed by atoms with Gasteiger partial charge in [-0.05, 0) is 13.0 Å². The number of nitrogens with one attached hydrogen (secondary N) is 1. The number of carbonyl (C=O) groups is 1. The molecule has 0 bridgehead atoms. The normalized spacial score (nSPS) is 10.3. The highest BCUT2D eigenvalue weighted by molar-refractivity contribution is 5.97. The van der Waals surface area contributed by atoms with Crippen molar-refractivity contribution < 1.29 is 14.3 Å². The number of hydrogen-bond acceptors (Lipinski definition) is 4. The summed E-state index contributed by atoms with van der Waals surface area (Å²) in [4.78, 5) is 26.4. The zero-order chi connectivity index (χ0) is 13.1. The lowest BCUT2D eigenvalue weighted by atomic mass is 10.1. The molecule has 94 valence electrons. The van der Waals surface area contributed by atoms with Gasteiger partial charge in [0.25, 0.3) is 0 Å². The Morgan fingerprint density at radius 1 is 1.39 bits per heavy atom. The number of methoxy groups -OCH3 is 1. The number of aromatic amines is 1. The molecule has 1 aromatic heterocycles.